The Labute approximate surface area is 177 Å². The van der Waals surface area contributed by atoms with Crippen LogP contribution in [-0.2, 0) is 7.05 Å². The highest BCUT2D eigenvalue weighted by molar-refractivity contribution is 5.82. The maximum Gasteiger partial charge on any atom is 0.254 e. The van der Waals surface area contributed by atoms with Crippen molar-refractivity contribution in [1.29, 1.82) is 0 Å². The number of nitrogens with zero attached hydrogens (tertiary/aromatic N) is 2. The number of aromatic amines is 1. The first-order valence-corrected chi connectivity index (χ1v) is 9.56. The molecule has 0 fully saturated rings. The second kappa shape index (κ2) is 8.69. The number of rotatable bonds is 3. The van der Waals surface area contributed by atoms with E-state index in [1.54, 1.807) is 43.8 Å². The molecule has 31 heavy (non-hydrogen) atoms. The Bertz CT molecular complexity index is 1440. The van der Waals surface area contributed by atoms with E-state index in [1.165, 1.54) is 4.57 Å². The zero-order valence-electron chi connectivity index (χ0n) is 16.6. The van der Waals surface area contributed by atoms with E-state index in [2.05, 4.69) is 33.6 Å². The van der Waals surface area contributed by atoms with Crippen molar-refractivity contribution in [1.82, 2.24) is 14.5 Å². The summed E-state index contributed by atoms with van der Waals surface area (Å²) in [5.41, 5.74) is 1.68. The quantitative estimate of drug-likeness (QED) is 0.514. The molecule has 3 aromatic heterocycles. The van der Waals surface area contributed by atoms with E-state index in [4.69, 9.17) is 0 Å². The van der Waals surface area contributed by atoms with Gasteiger partial charge in [0.15, 0.2) is 0 Å². The molecule has 0 aliphatic rings. The summed E-state index contributed by atoms with van der Waals surface area (Å²) < 4.78 is 29.7. The SMILES string of the molecule is Cn1cccc(C(CC#CC#Cc2ccnc3[nH]ccc23)c2cc(F)ccc2F)c1=O. The molecule has 4 aromatic rings. The predicted molar refractivity (Wildman–Crippen MR) is 115 cm³/mol. The number of aromatic nitrogens is 3. The topological polar surface area (TPSA) is 50.7 Å². The highest BCUT2D eigenvalue weighted by Crippen LogP contribution is 2.28. The molecule has 152 valence electrons. The molecule has 0 aliphatic heterocycles. The second-order valence-electron chi connectivity index (χ2n) is 6.95. The molecule has 1 unspecified atom stereocenters. The fraction of sp³-hybridized carbons (Fsp3) is 0.120. The number of hydrogen-bond donors (Lipinski definition) is 1. The average molecular weight is 413 g/mol. The first kappa shape index (κ1) is 20.1. The third-order valence-electron chi connectivity index (χ3n) is 4.98. The highest BCUT2D eigenvalue weighted by atomic mass is 19.1. The summed E-state index contributed by atoms with van der Waals surface area (Å²) in [6.07, 6.45) is 5.17. The Balaban J connectivity index is 1.67. The second-order valence-corrected chi connectivity index (χ2v) is 6.95. The van der Waals surface area contributed by atoms with Gasteiger partial charge in [-0.15, -0.1) is 0 Å². The first-order chi connectivity index (χ1) is 15.0. The summed E-state index contributed by atoms with van der Waals surface area (Å²) >= 11 is 0. The Morgan fingerprint density at radius 2 is 2.00 bits per heavy atom. The van der Waals surface area contributed by atoms with Gasteiger partial charge in [-0.25, -0.2) is 13.8 Å². The van der Waals surface area contributed by atoms with Crippen LogP contribution in [0, 0.1) is 35.3 Å². The number of H-pyrrole nitrogens is 1. The number of fused-ring (bicyclic) bond motifs is 1. The van der Waals surface area contributed by atoms with Gasteiger partial charge in [0.25, 0.3) is 5.56 Å². The minimum absolute atomic E-state index is 0.0914. The van der Waals surface area contributed by atoms with Gasteiger partial charge in [0, 0.05) is 54.5 Å². The van der Waals surface area contributed by atoms with Gasteiger partial charge >= 0.3 is 0 Å². The normalized spacial score (nSPS) is 11.3. The van der Waals surface area contributed by atoms with Crippen molar-refractivity contribution in [2.24, 2.45) is 7.05 Å². The lowest BCUT2D eigenvalue weighted by molar-refractivity contribution is 0.574. The number of benzene rings is 1. The Kier molecular flexibility index (Phi) is 5.64. The zero-order valence-corrected chi connectivity index (χ0v) is 16.6. The van der Waals surface area contributed by atoms with E-state index < -0.39 is 17.6 Å². The van der Waals surface area contributed by atoms with Crippen LogP contribution < -0.4 is 5.56 Å². The van der Waals surface area contributed by atoms with Gasteiger partial charge in [-0.05, 0) is 53.8 Å². The number of pyridine rings is 2. The third-order valence-corrected chi connectivity index (χ3v) is 4.98. The van der Waals surface area contributed by atoms with Crippen LogP contribution in [0.15, 0.2) is 65.8 Å². The Morgan fingerprint density at radius 1 is 1.13 bits per heavy atom. The predicted octanol–water partition coefficient (Wildman–Crippen LogP) is 4.12. The first-order valence-electron chi connectivity index (χ1n) is 9.56. The van der Waals surface area contributed by atoms with Crippen LogP contribution in [0.3, 0.4) is 0 Å². The summed E-state index contributed by atoms with van der Waals surface area (Å²) in [5, 5.41) is 0.893. The van der Waals surface area contributed by atoms with Gasteiger partial charge in [-0.3, -0.25) is 4.79 Å². The Morgan fingerprint density at radius 3 is 2.87 bits per heavy atom. The maximum atomic E-state index is 14.5. The van der Waals surface area contributed by atoms with Crippen molar-refractivity contribution in [3.05, 3.63) is 99.7 Å². The van der Waals surface area contributed by atoms with Crippen LogP contribution in [0.5, 0.6) is 0 Å². The van der Waals surface area contributed by atoms with E-state index in [1.807, 2.05) is 6.07 Å². The van der Waals surface area contributed by atoms with Gasteiger partial charge in [-0.1, -0.05) is 17.9 Å². The third kappa shape index (κ3) is 4.24. The van der Waals surface area contributed by atoms with E-state index >= 15 is 0 Å². The molecule has 0 bridgehead atoms. The molecule has 1 atom stereocenters. The van der Waals surface area contributed by atoms with Crippen molar-refractivity contribution >= 4 is 11.0 Å². The number of aryl methyl sites for hydroxylation is 1. The van der Waals surface area contributed by atoms with Gasteiger partial charge in [0.05, 0.1) is 0 Å². The molecule has 1 aromatic carbocycles. The summed E-state index contributed by atoms with van der Waals surface area (Å²) in [4.78, 5) is 19.8. The summed E-state index contributed by atoms with van der Waals surface area (Å²) in [5.74, 6) is 9.56. The monoisotopic (exact) mass is 413 g/mol. The molecule has 1 N–H and O–H groups in total. The summed E-state index contributed by atoms with van der Waals surface area (Å²) in [6, 6.07) is 10.2. The smallest absolute Gasteiger partial charge is 0.254 e. The van der Waals surface area contributed by atoms with E-state index in [0.29, 0.717) is 5.56 Å². The fourth-order valence-electron chi connectivity index (χ4n) is 3.42. The molecule has 3 heterocycles. The molecular formula is C25H17F2N3O. The van der Waals surface area contributed by atoms with Gasteiger partial charge < -0.3 is 9.55 Å². The van der Waals surface area contributed by atoms with E-state index in [0.717, 1.165) is 34.8 Å². The average Bonchev–Trinajstić information content (AvgIpc) is 3.25. The molecule has 0 spiro atoms. The fourth-order valence-corrected chi connectivity index (χ4v) is 3.42. The maximum absolute atomic E-state index is 14.5. The number of nitrogens with one attached hydrogen (secondary N) is 1. The number of hydrogen-bond acceptors (Lipinski definition) is 2. The lowest BCUT2D eigenvalue weighted by atomic mass is 9.89. The van der Waals surface area contributed by atoms with E-state index in [-0.39, 0.29) is 17.5 Å². The summed E-state index contributed by atoms with van der Waals surface area (Å²) in [7, 11) is 1.61. The highest BCUT2D eigenvalue weighted by Gasteiger charge is 2.21. The standard InChI is InChI=1S/C25H17F2N3O/c1-30-15-5-8-21(25(30)31)20(22-16-18(26)9-10-23(22)27)7-4-2-3-6-17-11-13-28-24-19(17)12-14-29-24/h5,8-16,20H,7H2,1H3,(H,28,29). The van der Waals surface area contributed by atoms with Gasteiger partial charge in [0.2, 0.25) is 0 Å². The zero-order chi connectivity index (χ0) is 21.8. The lowest BCUT2D eigenvalue weighted by Crippen LogP contribution is -2.23. The molecule has 0 saturated heterocycles. The molecule has 0 radical (unpaired) electrons. The molecule has 0 aliphatic carbocycles. The Hall–Kier alpha value is -4.16. The van der Waals surface area contributed by atoms with Crippen molar-refractivity contribution < 1.29 is 8.78 Å². The minimum atomic E-state index is -0.720. The van der Waals surface area contributed by atoms with Crippen LogP contribution >= 0.6 is 0 Å². The van der Waals surface area contributed by atoms with Crippen molar-refractivity contribution in [2.75, 3.05) is 0 Å². The van der Waals surface area contributed by atoms with Crippen LogP contribution in [0.4, 0.5) is 8.78 Å². The molecule has 0 saturated carbocycles. The number of halogens is 2. The van der Waals surface area contributed by atoms with Crippen molar-refractivity contribution in [3.63, 3.8) is 0 Å². The van der Waals surface area contributed by atoms with Crippen LogP contribution in [0.2, 0.25) is 0 Å². The van der Waals surface area contributed by atoms with Crippen LogP contribution in [0.25, 0.3) is 11.0 Å². The lowest BCUT2D eigenvalue weighted by Gasteiger charge is -2.16. The summed E-state index contributed by atoms with van der Waals surface area (Å²) in [6.45, 7) is 0. The molecule has 4 nitrogen and oxygen atoms in total. The van der Waals surface area contributed by atoms with Crippen molar-refractivity contribution in [2.45, 2.75) is 12.3 Å². The molecule has 6 heteroatoms. The van der Waals surface area contributed by atoms with Crippen molar-refractivity contribution in [3.8, 4) is 23.7 Å². The van der Waals surface area contributed by atoms with Gasteiger partial charge in [0.1, 0.15) is 17.3 Å². The molecular weight excluding hydrogens is 396 g/mol. The van der Waals surface area contributed by atoms with E-state index in [9.17, 15) is 13.6 Å². The van der Waals surface area contributed by atoms with Gasteiger partial charge in [-0.2, -0.15) is 0 Å². The minimum Gasteiger partial charge on any atom is -0.346 e. The largest absolute Gasteiger partial charge is 0.346 e. The molecule has 0 amide bonds. The van der Waals surface area contributed by atoms with Crippen LogP contribution in [0.1, 0.15) is 29.0 Å². The van der Waals surface area contributed by atoms with Crippen LogP contribution in [-0.4, -0.2) is 14.5 Å². The molecule has 4 rings (SSSR count).